The lowest BCUT2D eigenvalue weighted by Gasteiger charge is -2.17. The molecule has 0 aliphatic heterocycles. The molecule has 0 heterocycles. The van der Waals surface area contributed by atoms with Crippen LogP contribution < -0.4 is 5.32 Å². The fourth-order valence-corrected chi connectivity index (χ4v) is 2.31. The van der Waals surface area contributed by atoms with Crippen LogP contribution >= 0.6 is 0 Å². The summed E-state index contributed by atoms with van der Waals surface area (Å²) >= 11 is 0. The average molecular weight is 285 g/mol. The quantitative estimate of drug-likeness (QED) is 0.817. The Kier molecular flexibility index (Phi) is 5.41. The zero-order valence-electron chi connectivity index (χ0n) is 12.7. The number of carbonyl (C=O) groups is 1. The third-order valence-electron chi connectivity index (χ3n) is 3.98. The van der Waals surface area contributed by atoms with Gasteiger partial charge in [-0.15, -0.1) is 0 Å². The normalized spacial score (nSPS) is 16.5. The molecule has 1 aliphatic rings. The maximum Gasteiger partial charge on any atom is 0.223 e. The highest BCUT2D eigenvalue weighted by atomic mass is 16.2. The molecule has 1 aromatic carbocycles. The van der Waals surface area contributed by atoms with Gasteiger partial charge < -0.3 is 10.4 Å². The second-order valence-corrected chi connectivity index (χ2v) is 5.75. The van der Waals surface area contributed by atoms with Crippen molar-refractivity contribution in [3.63, 3.8) is 0 Å². The highest BCUT2D eigenvalue weighted by Crippen LogP contribution is 2.36. The van der Waals surface area contributed by atoms with E-state index in [4.69, 9.17) is 5.11 Å². The summed E-state index contributed by atoms with van der Waals surface area (Å²) < 4.78 is 0. The molecule has 0 spiro atoms. The molecule has 3 nitrogen and oxygen atoms in total. The van der Waals surface area contributed by atoms with Gasteiger partial charge in [0.25, 0.3) is 0 Å². The molecular formula is C18H23NO2. The van der Waals surface area contributed by atoms with Crippen molar-refractivity contribution >= 4 is 5.91 Å². The molecule has 0 aromatic heterocycles. The maximum absolute atomic E-state index is 12.1. The number of hydrogen-bond acceptors (Lipinski definition) is 2. The summed E-state index contributed by atoms with van der Waals surface area (Å²) in [5.74, 6) is 6.75. The van der Waals surface area contributed by atoms with Crippen molar-refractivity contribution in [1.29, 1.82) is 0 Å². The molecule has 2 N–H and O–H groups in total. The van der Waals surface area contributed by atoms with Crippen LogP contribution in [0, 0.1) is 23.7 Å². The first-order valence-corrected chi connectivity index (χ1v) is 7.62. The minimum atomic E-state index is 0.0122. The molecule has 21 heavy (non-hydrogen) atoms. The predicted molar refractivity (Wildman–Crippen MR) is 83.5 cm³/mol. The van der Waals surface area contributed by atoms with Crippen molar-refractivity contribution in [2.75, 3.05) is 6.61 Å². The van der Waals surface area contributed by atoms with E-state index in [1.807, 2.05) is 38.1 Å². The van der Waals surface area contributed by atoms with Gasteiger partial charge in [0.1, 0.15) is 0 Å². The summed E-state index contributed by atoms with van der Waals surface area (Å²) in [6.45, 7) is 4.11. The number of carbonyl (C=O) groups excluding carboxylic acids is 1. The SMILES string of the molecule is CC(NC(=O)C(C)C1CC1)c1ccc(C#CCCO)cc1. The van der Waals surface area contributed by atoms with Crippen molar-refractivity contribution in [3.8, 4) is 11.8 Å². The molecule has 0 bridgehead atoms. The van der Waals surface area contributed by atoms with Gasteiger partial charge in [-0.05, 0) is 43.4 Å². The Balaban J connectivity index is 1.91. The van der Waals surface area contributed by atoms with E-state index in [9.17, 15) is 4.79 Å². The zero-order valence-corrected chi connectivity index (χ0v) is 12.7. The minimum Gasteiger partial charge on any atom is -0.395 e. The molecule has 2 atom stereocenters. The van der Waals surface area contributed by atoms with Gasteiger partial charge in [0.2, 0.25) is 5.91 Å². The second kappa shape index (κ2) is 7.28. The standard InChI is InChI=1S/C18H23NO2/c1-13(16-10-11-16)18(21)19-14(2)17-8-6-15(7-9-17)5-3-4-12-20/h6-9,13-14,16,20H,4,10-12H2,1-2H3,(H,19,21). The van der Waals surface area contributed by atoms with E-state index in [1.54, 1.807) is 0 Å². The van der Waals surface area contributed by atoms with E-state index >= 15 is 0 Å². The summed E-state index contributed by atoms with van der Waals surface area (Å²) in [5, 5.41) is 11.8. The van der Waals surface area contributed by atoms with Crippen LogP contribution in [0.2, 0.25) is 0 Å². The number of hydrogen-bond donors (Lipinski definition) is 2. The summed E-state index contributed by atoms with van der Waals surface area (Å²) in [4.78, 5) is 12.1. The molecular weight excluding hydrogens is 262 g/mol. The van der Waals surface area contributed by atoms with Crippen LogP contribution in [0.1, 0.15) is 50.3 Å². The van der Waals surface area contributed by atoms with E-state index < -0.39 is 0 Å². The van der Waals surface area contributed by atoms with Crippen molar-refractivity contribution in [2.24, 2.45) is 11.8 Å². The molecule has 1 aliphatic carbocycles. The van der Waals surface area contributed by atoms with Crippen molar-refractivity contribution in [3.05, 3.63) is 35.4 Å². The Hall–Kier alpha value is -1.79. The molecule has 0 radical (unpaired) electrons. The largest absolute Gasteiger partial charge is 0.395 e. The van der Waals surface area contributed by atoms with E-state index in [1.165, 1.54) is 12.8 Å². The summed E-state index contributed by atoms with van der Waals surface area (Å²) in [6.07, 6.45) is 2.86. The second-order valence-electron chi connectivity index (χ2n) is 5.75. The fraction of sp³-hybridized carbons (Fsp3) is 0.500. The van der Waals surface area contributed by atoms with Gasteiger partial charge in [-0.2, -0.15) is 0 Å². The van der Waals surface area contributed by atoms with Crippen LogP contribution in [0.25, 0.3) is 0 Å². The zero-order chi connectivity index (χ0) is 15.2. The Morgan fingerprint density at radius 3 is 2.57 bits per heavy atom. The van der Waals surface area contributed by atoms with Gasteiger partial charge in [-0.1, -0.05) is 30.9 Å². The first-order chi connectivity index (χ1) is 10.1. The molecule has 112 valence electrons. The third kappa shape index (κ3) is 4.61. The Bertz CT molecular complexity index is 535. The molecule has 0 saturated heterocycles. The summed E-state index contributed by atoms with van der Waals surface area (Å²) in [6, 6.07) is 7.91. The Morgan fingerprint density at radius 1 is 1.33 bits per heavy atom. The first-order valence-electron chi connectivity index (χ1n) is 7.62. The average Bonchev–Trinajstić information content (AvgIpc) is 3.32. The molecule has 1 amide bonds. The Labute approximate surface area is 126 Å². The highest BCUT2D eigenvalue weighted by molar-refractivity contribution is 5.79. The Morgan fingerprint density at radius 2 is 2.00 bits per heavy atom. The molecule has 1 saturated carbocycles. The predicted octanol–water partition coefficient (Wildman–Crippen LogP) is 2.64. The highest BCUT2D eigenvalue weighted by Gasteiger charge is 2.32. The van der Waals surface area contributed by atoms with Gasteiger partial charge in [0.15, 0.2) is 0 Å². The van der Waals surface area contributed by atoms with Crippen LogP contribution in [-0.4, -0.2) is 17.6 Å². The first kappa shape index (κ1) is 15.6. The fourth-order valence-electron chi connectivity index (χ4n) is 2.31. The number of aliphatic hydroxyl groups is 1. The summed E-state index contributed by atoms with van der Waals surface area (Å²) in [7, 11) is 0. The number of nitrogens with one attached hydrogen (secondary N) is 1. The topological polar surface area (TPSA) is 49.3 Å². The maximum atomic E-state index is 12.1. The van der Waals surface area contributed by atoms with Crippen LogP contribution in [0.3, 0.4) is 0 Å². The molecule has 3 heteroatoms. The van der Waals surface area contributed by atoms with Crippen LogP contribution in [-0.2, 0) is 4.79 Å². The third-order valence-corrected chi connectivity index (χ3v) is 3.98. The number of benzene rings is 1. The van der Waals surface area contributed by atoms with E-state index in [-0.39, 0.29) is 24.5 Å². The van der Waals surface area contributed by atoms with Crippen molar-refractivity contribution < 1.29 is 9.90 Å². The van der Waals surface area contributed by atoms with Gasteiger partial charge in [0, 0.05) is 17.9 Å². The van der Waals surface area contributed by atoms with Crippen LogP contribution in [0.5, 0.6) is 0 Å². The van der Waals surface area contributed by atoms with E-state index in [2.05, 4.69) is 17.2 Å². The number of aliphatic hydroxyl groups excluding tert-OH is 1. The molecule has 1 aromatic rings. The van der Waals surface area contributed by atoms with Gasteiger partial charge in [0.05, 0.1) is 12.6 Å². The number of amides is 1. The monoisotopic (exact) mass is 285 g/mol. The molecule has 1 fully saturated rings. The van der Waals surface area contributed by atoms with Gasteiger partial charge in [-0.25, -0.2) is 0 Å². The van der Waals surface area contributed by atoms with Crippen molar-refractivity contribution in [2.45, 2.75) is 39.2 Å². The smallest absolute Gasteiger partial charge is 0.223 e. The minimum absolute atomic E-state index is 0.0122. The van der Waals surface area contributed by atoms with Crippen LogP contribution in [0.4, 0.5) is 0 Å². The van der Waals surface area contributed by atoms with E-state index in [0.717, 1.165) is 11.1 Å². The lowest BCUT2D eigenvalue weighted by atomic mass is 10.0. The lowest BCUT2D eigenvalue weighted by molar-refractivity contribution is -0.125. The van der Waals surface area contributed by atoms with Crippen molar-refractivity contribution in [1.82, 2.24) is 5.32 Å². The summed E-state index contributed by atoms with van der Waals surface area (Å²) in [5.41, 5.74) is 2.01. The number of rotatable bonds is 5. The van der Waals surface area contributed by atoms with E-state index in [0.29, 0.717) is 12.3 Å². The lowest BCUT2D eigenvalue weighted by Crippen LogP contribution is -2.32. The van der Waals surface area contributed by atoms with Gasteiger partial charge in [-0.3, -0.25) is 4.79 Å². The van der Waals surface area contributed by atoms with Crippen LogP contribution in [0.15, 0.2) is 24.3 Å². The van der Waals surface area contributed by atoms with Gasteiger partial charge >= 0.3 is 0 Å². The molecule has 2 rings (SSSR count). The molecule has 2 unspecified atom stereocenters.